The summed E-state index contributed by atoms with van der Waals surface area (Å²) >= 11 is 2.79. The molecule has 5 nitrogen and oxygen atoms in total. The minimum Gasteiger partial charge on any atom is -0.397 e. The van der Waals surface area contributed by atoms with E-state index in [2.05, 4.69) is 28.3 Å². The zero-order valence-corrected chi connectivity index (χ0v) is 16.6. The molecule has 0 aliphatic carbocycles. The lowest BCUT2D eigenvalue weighted by atomic mass is 10.1. The lowest BCUT2D eigenvalue weighted by Gasteiger charge is -2.01. The molecule has 1 amide bonds. The molecule has 0 aliphatic rings. The normalized spacial score (nSPS) is 11.4. The molecule has 4 aromatic rings. The Morgan fingerprint density at radius 3 is 2.62 bits per heavy atom. The van der Waals surface area contributed by atoms with Gasteiger partial charge in [0.2, 0.25) is 0 Å². The molecule has 132 valence electrons. The Labute approximate surface area is 158 Å². The van der Waals surface area contributed by atoms with Crippen molar-refractivity contribution in [3.8, 4) is 0 Å². The smallest absolute Gasteiger partial charge is 0.269 e. The van der Waals surface area contributed by atoms with Crippen molar-refractivity contribution in [1.82, 2.24) is 9.97 Å². The van der Waals surface area contributed by atoms with Crippen LogP contribution in [-0.4, -0.2) is 15.9 Å². The third kappa shape index (κ3) is 2.64. The molecular formula is C19H18N4OS2. The highest BCUT2D eigenvalue weighted by Gasteiger charge is 2.20. The van der Waals surface area contributed by atoms with Gasteiger partial charge in [0, 0.05) is 11.1 Å². The molecule has 0 atom stereocenters. The molecular weight excluding hydrogens is 364 g/mol. The van der Waals surface area contributed by atoms with Gasteiger partial charge >= 0.3 is 0 Å². The Morgan fingerprint density at radius 2 is 1.85 bits per heavy atom. The van der Waals surface area contributed by atoms with Gasteiger partial charge in [0.05, 0.1) is 15.9 Å². The zero-order valence-electron chi connectivity index (χ0n) is 14.9. The van der Waals surface area contributed by atoms with Gasteiger partial charge in [-0.15, -0.1) is 11.3 Å². The quantitative estimate of drug-likeness (QED) is 0.513. The van der Waals surface area contributed by atoms with Crippen molar-refractivity contribution in [2.75, 3.05) is 11.1 Å². The van der Waals surface area contributed by atoms with Gasteiger partial charge in [-0.1, -0.05) is 17.4 Å². The maximum atomic E-state index is 12.8. The van der Waals surface area contributed by atoms with Crippen LogP contribution in [0.25, 0.3) is 20.4 Å². The van der Waals surface area contributed by atoms with Crippen LogP contribution in [0.5, 0.6) is 0 Å². The van der Waals surface area contributed by atoms with E-state index in [1.54, 1.807) is 0 Å². The summed E-state index contributed by atoms with van der Waals surface area (Å²) in [5.41, 5.74) is 11.9. The predicted molar refractivity (Wildman–Crippen MR) is 111 cm³/mol. The van der Waals surface area contributed by atoms with Gasteiger partial charge in [0.25, 0.3) is 5.91 Å². The molecule has 0 saturated carbocycles. The number of aromatic nitrogens is 2. The molecule has 0 radical (unpaired) electrons. The molecule has 0 unspecified atom stereocenters. The molecule has 3 heterocycles. The van der Waals surface area contributed by atoms with Crippen LogP contribution >= 0.6 is 22.7 Å². The maximum Gasteiger partial charge on any atom is 0.269 e. The number of aryl methyl sites for hydroxylation is 4. The van der Waals surface area contributed by atoms with Gasteiger partial charge in [0.1, 0.15) is 9.71 Å². The summed E-state index contributed by atoms with van der Waals surface area (Å²) in [6, 6.07) is 6.09. The number of hydrogen-bond donors (Lipinski definition) is 2. The number of thiazole rings is 1. The van der Waals surface area contributed by atoms with Crippen LogP contribution in [-0.2, 0) is 0 Å². The highest BCUT2D eigenvalue weighted by Crippen LogP contribution is 2.36. The monoisotopic (exact) mass is 382 g/mol. The topological polar surface area (TPSA) is 80.9 Å². The van der Waals surface area contributed by atoms with Gasteiger partial charge in [-0.05, 0) is 56.5 Å². The van der Waals surface area contributed by atoms with Crippen molar-refractivity contribution in [1.29, 1.82) is 0 Å². The highest BCUT2D eigenvalue weighted by atomic mass is 32.1. The number of anilines is 2. The average Bonchev–Trinajstić information content (AvgIpc) is 3.12. The van der Waals surface area contributed by atoms with Crippen LogP contribution in [0.15, 0.2) is 18.2 Å². The Morgan fingerprint density at radius 1 is 1.08 bits per heavy atom. The number of rotatable bonds is 2. The van der Waals surface area contributed by atoms with Gasteiger partial charge < -0.3 is 5.73 Å². The first-order valence-electron chi connectivity index (χ1n) is 8.19. The highest BCUT2D eigenvalue weighted by molar-refractivity contribution is 7.23. The summed E-state index contributed by atoms with van der Waals surface area (Å²) in [5.74, 6) is -0.240. The molecule has 26 heavy (non-hydrogen) atoms. The van der Waals surface area contributed by atoms with E-state index in [1.165, 1.54) is 28.2 Å². The van der Waals surface area contributed by atoms with Gasteiger partial charge in [-0.2, -0.15) is 0 Å². The van der Waals surface area contributed by atoms with E-state index in [0.717, 1.165) is 37.3 Å². The number of hydrogen-bond acceptors (Lipinski definition) is 6. The first-order chi connectivity index (χ1) is 12.3. The molecule has 1 aromatic carbocycles. The number of pyridine rings is 1. The van der Waals surface area contributed by atoms with Crippen molar-refractivity contribution in [3.05, 3.63) is 45.5 Å². The minimum atomic E-state index is -0.240. The van der Waals surface area contributed by atoms with E-state index in [9.17, 15) is 4.79 Å². The number of thiophene rings is 1. The van der Waals surface area contributed by atoms with E-state index >= 15 is 0 Å². The number of fused-ring (bicyclic) bond motifs is 2. The Bertz CT molecular complexity index is 1190. The third-order valence-corrected chi connectivity index (χ3v) is 6.57. The van der Waals surface area contributed by atoms with Gasteiger partial charge in [-0.25, -0.2) is 9.97 Å². The zero-order chi connectivity index (χ0) is 18.6. The Kier molecular flexibility index (Phi) is 3.93. The third-order valence-electron chi connectivity index (χ3n) is 4.54. The van der Waals surface area contributed by atoms with E-state index in [-0.39, 0.29) is 5.91 Å². The van der Waals surface area contributed by atoms with E-state index in [0.29, 0.717) is 15.7 Å². The number of nitrogen functional groups attached to an aromatic ring is 1. The lowest BCUT2D eigenvalue weighted by molar-refractivity contribution is 0.103. The average molecular weight is 383 g/mol. The molecule has 0 fully saturated rings. The Balaban J connectivity index is 1.73. The number of amides is 1. The second kappa shape index (κ2) is 6.03. The second-order valence-electron chi connectivity index (χ2n) is 6.43. The summed E-state index contributed by atoms with van der Waals surface area (Å²) in [5, 5.41) is 4.34. The fourth-order valence-electron chi connectivity index (χ4n) is 3.07. The fraction of sp³-hybridized carbons (Fsp3) is 0.211. The van der Waals surface area contributed by atoms with E-state index in [1.807, 2.05) is 32.9 Å². The number of carbonyl (C=O) groups is 1. The first-order valence-corrected chi connectivity index (χ1v) is 9.82. The van der Waals surface area contributed by atoms with Gasteiger partial charge in [0.15, 0.2) is 5.13 Å². The maximum absolute atomic E-state index is 12.8. The van der Waals surface area contributed by atoms with Crippen LogP contribution in [0.2, 0.25) is 0 Å². The van der Waals surface area contributed by atoms with Crippen molar-refractivity contribution >= 4 is 59.8 Å². The van der Waals surface area contributed by atoms with Crippen molar-refractivity contribution in [2.24, 2.45) is 0 Å². The summed E-state index contributed by atoms with van der Waals surface area (Å²) in [6.45, 7) is 8.03. The number of nitrogens with two attached hydrogens (primary N) is 1. The Hall–Kier alpha value is -2.51. The molecule has 7 heteroatoms. The summed E-state index contributed by atoms with van der Waals surface area (Å²) in [7, 11) is 0. The summed E-state index contributed by atoms with van der Waals surface area (Å²) in [4.78, 5) is 23.2. The summed E-state index contributed by atoms with van der Waals surface area (Å²) < 4.78 is 1.06. The van der Waals surface area contributed by atoms with Crippen LogP contribution in [0, 0.1) is 27.7 Å². The largest absolute Gasteiger partial charge is 0.397 e. The number of nitrogens with zero attached hydrogens (tertiary/aromatic N) is 2. The van der Waals surface area contributed by atoms with Crippen molar-refractivity contribution < 1.29 is 4.79 Å². The number of benzene rings is 1. The molecule has 3 N–H and O–H groups in total. The standard InChI is InChI=1S/C19H18N4OS2/c1-8-5-6-12-15(11(8)4)22-19(25-12)23-17(24)16-14(20)13-9(2)7-10(3)21-18(13)26-16/h5-7H,20H2,1-4H3,(H,22,23,24). The van der Waals surface area contributed by atoms with Crippen LogP contribution in [0.3, 0.4) is 0 Å². The van der Waals surface area contributed by atoms with E-state index in [4.69, 9.17) is 5.73 Å². The van der Waals surface area contributed by atoms with E-state index < -0.39 is 0 Å². The first kappa shape index (κ1) is 16.9. The number of carbonyl (C=O) groups excluding carboxylic acids is 1. The summed E-state index contributed by atoms with van der Waals surface area (Å²) in [6.07, 6.45) is 0. The molecule has 3 aromatic heterocycles. The van der Waals surface area contributed by atoms with Crippen LogP contribution in [0.1, 0.15) is 32.1 Å². The van der Waals surface area contributed by atoms with Crippen molar-refractivity contribution in [2.45, 2.75) is 27.7 Å². The predicted octanol–water partition coefficient (Wildman–Crippen LogP) is 4.97. The molecule has 4 rings (SSSR count). The molecule has 0 bridgehead atoms. The second-order valence-corrected chi connectivity index (χ2v) is 8.46. The van der Waals surface area contributed by atoms with Crippen LogP contribution in [0.4, 0.5) is 10.8 Å². The fourth-order valence-corrected chi connectivity index (χ4v) is 5.10. The van der Waals surface area contributed by atoms with Crippen molar-refractivity contribution in [3.63, 3.8) is 0 Å². The number of nitrogens with one attached hydrogen (secondary N) is 1. The molecule has 0 saturated heterocycles. The molecule has 0 aliphatic heterocycles. The SMILES string of the molecule is Cc1cc(C)c2c(N)c(C(=O)Nc3nc4c(C)c(C)ccc4s3)sc2n1. The van der Waals surface area contributed by atoms with Crippen LogP contribution < -0.4 is 11.1 Å². The lowest BCUT2D eigenvalue weighted by Crippen LogP contribution is -2.11. The molecule has 0 spiro atoms. The van der Waals surface area contributed by atoms with Gasteiger partial charge in [-0.3, -0.25) is 10.1 Å². The minimum absolute atomic E-state index is 0.240.